The zero-order valence-corrected chi connectivity index (χ0v) is 7.10. The minimum absolute atomic E-state index is 0.177. The number of ketones is 1. The van der Waals surface area contributed by atoms with Gasteiger partial charge in [-0.3, -0.25) is 9.59 Å². The lowest BCUT2D eigenvalue weighted by atomic mass is 10.2. The summed E-state index contributed by atoms with van der Waals surface area (Å²) < 4.78 is 0. The SMILES string of the molecule is CC(=O)C1C(=O)N=C2C=CC=CN21. The number of carbonyl (C=O) groups excluding carboxylic acids is 2. The van der Waals surface area contributed by atoms with Gasteiger partial charge < -0.3 is 4.90 Å². The Bertz CT molecular complexity index is 366. The third-order valence-electron chi connectivity index (χ3n) is 1.99. The Morgan fingerprint density at radius 3 is 3.00 bits per heavy atom. The van der Waals surface area contributed by atoms with E-state index >= 15 is 0 Å². The van der Waals surface area contributed by atoms with Gasteiger partial charge in [-0.1, -0.05) is 6.08 Å². The molecule has 2 aliphatic heterocycles. The molecule has 1 atom stereocenters. The molecule has 66 valence electrons. The predicted molar refractivity (Wildman–Crippen MR) is 47.0 cm³/mol. The molecule has 2 aliphatic rings. The van der Waals surface area contributed by atoms with E-state index < -0.39 is 6.04 Å². The second-order valence-corrected chi connectivity index (χ2v) is 2.93. The van der Waals surface area contributed by atoms with Crippen LogP contribution in [0.3, 0.4) is 0 Å². The highest BCUT2D eigenvalue weighted by atomic mass is 16.2. The minimum atomic E-state index is -0.740. The van der Waals surface area contributed by atoms with Crippen LogP contribution in [0, 0.1) is 0 Å². The first-order valence-electron chi connectivity index (χ1n) is 3.96. The average Bonchev–Trinajstić information content (AvgIpc) is 2.39. The molecule has 2 heterocycles. The van der Waals surface area contributed by atoms with Gasteiger partial charge in [-0.2, -0.15) is 4.99 Å². The van der Waals surface area contributed by atoms with Crippen molar-refractivity contribution in [3.63, 3.8) is 0 Å². The smallest absolute Gasteiger partial charge is 0.278 e. The number of rotatable bonds is 1. The van der Waals surface area contributed by atoms with Crippen LogP contribution in [0.4, 0.5) is 0 Å². The van der Waals surface area contributed by atoms with Crippen LogP contribution in [0.15, 0.2) is 29.4 Å². The lowest BCUT2D eigenvalue weighted by Crippen LogP contribution is -2.39. The molecular weight excluding hydrogens is 168 g/mol. The zero-order chi connectivity index (χ0) is 9.42. The normalized spacial score (nSPS) is 24.7. The summed E-state index contributed by atoms with van der Waals surface area (Å²) in [5.74, 6) is -0.00454. The van der Waals surface area contributed by atoms with E-state index in [1.165, 1.54) is 6.92 Å². The van der Waals surface area contributed by atoms with Gasteiger partial charge in [0.15, 0.2) is 11.8 Å². The fourth-order valence-electron chi connectivity index (χ4n) is 1.42. The average molecular weight is 176 g/mol. The molecule has 0 saturated heterocycles. The summed E-state index contributed by atoms with van der Waals surface area (Å²) in [5.41, 5.74) is 0. The molecule has 1 unspecified atom stereocenters. The molecule has 0 radical (unpaired) electrons. The zero-order valence-electron chi connectivity index (χ0n) is 7.10. The number of allylic oxidation sites excluding steroid dienone is 2. The molecule has 13 heavy (non-hydrogen) atoms. The Balaban J connectivity index is 2.38. The number of fused-ring (bicyclic) bond motifs is 1. The summed E-state index contributed by atoms with van der Waals surface area (Å²) in [6, 6.07) is -0.740. The molecule has 0 saturated carbocycles. The maximum atomic E-state index is 11.3. The van der Waals surface area contributed by atoms with E-state index in [-0.39, 0.29) is 11.7 Å². The number of amidine groups is 1. The van der Waals surface area contributed by atoms with Gasteiger partial charge in [-0.05, 0) is 19.1 Å². The van der Waals surface area contributed by atoms with E-state index in [0.29, 0.717) is 5.84 Å². The van der Waals surface area contributed by atoms with Gasteiger partial charge in [0.25, 0.3) is 5.91 Å². The maximum Gasteiger partial charge on any atom is 0.278 e. The van der Waals surface area contributed by atoms with E-state index in [0.717, 1.165) is 0 Å². The van der Waals surface area contributed by atoms with Crippen molar-refractivity contribution >= 4 is 17.5 Å². The maximum absolute atomic E-state index is 11.3. The van der Waals surface area contributed by atoms with Crippen LogP contribution < -0.4 is 0 Å². The van der Waals surface area contributed by atoms with Crippen molar-refractivity contribution < 1.29 is 9.59 Å². The molecule has 4 heteroatoms. The molecule has 0 bridgehead atoms. The number of amides is 1. The fourth-order valence-corrected chi connectivity index (χ4v) is 1.42. The first kappa shape index (κ1) is 7.91. The number of Topliss-reactive ketones (excluding diaryl/α,β-unsaturated/α-hetero) is 1. The molecule has 4 nitrogen and oxygen atoms in total. The van der Waals surface area contributed by atoms with Crippen molar-refractivity contribution in [3.8, 4) is 0 Å². The van der Waals surface area contributed by atoms with Crippen LogP contribution in [-0.2, 0) is 9.59 Å². The first-order valence-corrected chi connectivity index (χ1v) is 3.96. The Morgan fingerprint density at radius 1 is 1.54 bits per heavy atom. The molecule has 0 aromatic carbocycles. The Labute approximate surface area is 75.2 Å². The van der Waals surface area contributed by atoms with Crippen LogP contribution in [0.2, 0.25) is 0 Å². The lowest BCUT2D eigenvalue weighted by Gasteiger charge is -2.20. The lowest BCUT2D eigenvalue weighted by molar-refractivity contribution is -0.128. The molecule has 0 aromatic rings. The number of carbonyl (C=O) groups is 2. The van der Waals surface area contributed by atoms with Gasteiger partial charge >= 0.3 is 0 Å². The van der Waals surface area contributed by atoms with Crippen LogP contribution in [0.5, 0.6) is 0 Å². The van der Waals surface area contributed by atoms with E-state index in [2.05, 4.69) is 4.99 Å². The van der Waals surface area contributed by atoms with Gasteiger partial charge in [-0.15, -0.1) is 0 Å². The second kappa shape index (κ2) is 2.65. The summed E-state index contributed by atoms with van der Waals surface area (Å²) in [7, 11) is 0. The van der Waals surface area contributed by atoms with E-state index in [1.807, 2.05) is 0 Å². The van der Waals surface area contributed by atoms with Gasteiger partial charge in [0.1, 0.15) is 5.84 Å². The third-order valence-corrected chi connectivity index (χ3v) is 1.99. The minimum Gasteiger partial charge on any atom is -0.313 e. The summed E-state index contributed by atoms with van der Waals surface area (Å²) in [5, 5.41) is 0. The van der Waals surface area contributed by atoms with Gasteiger partial charge in [0.2, 0.25) is 0 Å². The molecule has 0 fully saturated rings. The molecule has 0 N–H and O–H groups in total. The van der Waals surface area contributed by atoms with Gasteiger partial charge in [0, 0.05) is 6.20 Å². The number of nitrogens with zero attached hydrogens (tertiary/aromatic N) is 2. The van der Waals surface area contributed by atoms with Crippen molar-refractivity contribution in [2.24, 2.45) is 4.99 Å². The van der Waals surface area contributed by atoms with E-state index in [1.54, 1.807) is 29.3 Å². The number of aliphatic imine (C=N–C) groups is 1. The summed E-state index contributed by atoms with van der Waals surface area (Å²) in [6.07, 6.45) is 6.95. The van der Waals surface area contributed by atoms with Crippen LogP contribution in [0.25, 0.3) is 0 Å². The highest BCUT2D eigenvalue weighted by molar-refractivity contribution is 6.18. The topological polar surface area (TPSA) is 49.7 Å². The quantitative estimate of drug-likeness (QED) is 0.539. The third kappa shape index (κ3) is 1.11. The molecular formula is C9H8N2O2. The summed E-state index contributed by atoms with van der Waals surface area (Å²) >= 11 is 0. The van der Waals surface area contributed by atoms with Crippen molar-refractivity contribution in [3.05, 3.63) is 24.4 Å². The molecule has 2 rings (SSSR count). The molecule has 0 aromatic heterocycles. The summed E-state index contributed by atoms with van der Waals surface area (Å²) in [6.45, 7) is 1.40. The van der Waals surface area contributed by atoms with Crippen molar-refractivity contribution in [1.29, 1.82) is 0 Å². The van der Waals surface area contributed by atoms with Crippen LogP contribution in [-0.4, -0.2) is 28.5 Å². The monoisotopic (exact) mass is 176 g/mol. The standard InChI is InChI=1S/C9H8N2O2/c1-6(12)8-9(13)10-7-4-2-3-5-11(7)8/h2-5,8H,1H3. The Kier molecular flexibility index (Phi) is 1.62. The largest absolute Gasteiger partial charge is 0.313 e. The fraction of sp³-hybridized carbons (Fsp3) is 0.222. The molecule has 1 amide bonds. The van der Waals surface area contributed by atoms with Gasteiger partial charge in [0.05, 0.1) is 0 Å². The Morgan fingerprint density at radius 2 is 2.31 bits per heavy atom. The highest BCUT2D eigenvalue weighted by Gasteiger charge is 2.36. The second-order valence-electron chi connectivity index (χ2n) is 2.93. The van der Waals surface area contributed by atoms with Gasteiger partial charge in [-0.25, -0.2) is 0 Å². The van der Waals surface area contributed by atoms with Crippen molar-refractivity contribution in [2.75, 3.05) is 0 Å². The molecule has 0 aliphatic carbocycles. The van der Waals surface area contributed by atoms with Crippen molar-refractivity contribution in [2.45, 2.75) is 13.0 Å². The molecule has 0 spiro atoms. The Hall–Kier alpha value is -1.71. The van der Waals surface area contributed by atoms with E-state index in [4.69, 9.17) is 0 Å². The number of hydrogen-bond donors (Lipinski definition) is 0. The van der Waals surface area contributed by atoms with Crippen LogP contribution >= 0.6 is 0 Å². The van der Waals surface area contributed by atoms with E-state index in [9.17, 15) is 9.59 Å². The highest BCUT2D eigenvalue weighted by Crippen LogP contribution is 2.17. The van der Waals surface area contributed by atoms with Crippen molar-refractivity contribution in [1.82, 2.24) is 4.90 Å². The number of hydrogen-bond acceptors (Lipinski definition) is 3. The predicted octanol–water partition coefficient (Wildman–Crippen LogP) is 0.268. The summed E-state index contributed by atoms with van der Waals surface area (Å²) in [4.78, 5) is 27.7. The first-order chi connectivity index (χ1) is 6.20. The van der Waals surface area contributed by atoms with Crippen LogP contribution in [0.1, 0.15) is 6.92 Å².